The van der Waals surface area contributed by atoms with Crippen LogP contribution >= 0.6 is 0 Å². The van der Waals surface area contributed by atoms with Crippen LogP contribution in [0.15, 0.2) is 12.5 Å². The van der Waals surface area contributed by atoms with Gasteiger partial charge in [0.2, 0.25) is 0 Å². The Hall–Kier alpha value is -0.830. The number of imidazole rings is 1. The normalized spacial score (nSPS) is 13.2. The zero-order valence-electron chi connectivity index (χ0n) is 11.7. The fourth-order valence-corrected chi connectivity index (χ4v) is 1.86. The zero-order chi connectivity index (χ0) is 12.7. The van der Waals surface area contributed by atoms with Gasteiger partial charge in [-0.1, -0.05) is 40.0 Å². The molecule has 1 N–H and O–H groups in total. The predicted octanol–water partition coefficient (Wildman–Crippen LogP) is 3.52. The van der Waals surface area contributed by atoms with Crippen molar-refractivity contribution < 1.29 is 0 Å². The van der Waals surface area contributed by atoms with Crippen LogP contribution in [0.1, 0.15) is 65.1 Å². The highest BCUT2D eigenvalue weighted by Gasteiger charge is 2.06. The molecule has 0 aliphatic carbocycles. The van der Waals surface area contributed by atoms with Gasteiger partial charge in [0.1, 0.15) is 0 Å². The van der Waals surface area contributed by atoms with Gasteiger partial charge in [0.15, 0.2) is 0 Å². The third-order valence-corrected chi connectivity index (χ3v) is 3.08. The molecular weight excluding hydrogens is 210 g/mol. The van der Waals surface area contributed by atoms with E-state index in [1.807, 2.05) is 6.33 Å². The minimum Gasteiger partial charge on any atom is -0.334 e. The van der Waals surface area contributed by atoms with Crippen LogP contribution in [-0.4, -0.2) is 15.6 Å². The molecule has 17 heavy (non-hydrogen) atoms. The summed E-state index contributed by atoms with van der Waals surface area (Å²) in [7, 11) is 0. The summed E-state index contributed by atoms with van der Waals surface area (Å²) in [6.07, 6.45) is 9.33. The lowest BCUT2D eigenvalue weighted by Crippen LogP contribution is -2.21. The number of unbranched alkanes of at least 4 members (excludes halogenated alkanes) is 2. The Balaban J connectivity index is 2.38. The van der Waals surface area contributed by atoms with Gasteiger partial charge in [-0.05, 0) is 13.3 Å². The average molecular weight is 237 g/mol. The van der Waals surface area contributed by atoms with Crippen molar-refractivity contribution in [1.82, 2.24) is 14.9 Å². The molecule has 1 unspecified atom stereocenters. The topological polar surface area (TPSA) is 29.9 Å². The molecule has 0 aromatic carbocycles. The lowest BCUT2D eigenvalue weighted by molar-refractivity contribution is 0.476. The van der Waals surface area contributed by atoms with Gasteiger partial charge in [0.05, 0.1) is 12.0 Å². The lowest BCUT2D eigenvalue weighted by Gasteiger charge is -2.12. The van der Waals surface area contributed by atoms with Gasteiger partial charge in [-0.15, -0.1) is 0 Å². The number of hydrogen-bond donors (Lipinski definition) is 1. The van der Waals surface area contributed by atoms with Crippen LogP contribution in [0.2, 0.25) is 0 Å². The summed E-state index contributed by atoms with van der Waals surface area (Å²) in [5, 5.41) is 3.39. The Morgan fingerprint density at radius 3 is 2.71 bits per heavy atom. The molecule has 0 amide bonds. The Morgan fingerprint density at radius 1 is 1.29 bits per heavy atom. The second-order valence-electron chi connectivity index (χ2n) is 5.19. The molecule has 0 saturated heterocycles. The second kappa shape index (κ2) is 7.49. The smallest absolute Gasteiger partial charge is 0.0952 e. The number of rotatable bonds is 8. The van der Waals surface area contributed by atoms with E-state index in [0.717, 1.165) is 12.2 Å². The summed E-state index contributed by atoms with van der Waals surface area (Å²) in [5.41, 5.74) is 1.14. The zero-order valence-corrected chi connectivity index (χ0v) is 11.7. The molecule has 0 saturated carbocycles. The van der Waals surface area contributed by atoms with Crippen molar-refractivity contribution in [3.05, 3.63) is 18.2 Å². The molecule has 0 bridgehead atoms. The molecule has 1 atom stereocenters. The summed E-state index contributed by atoms with van der Waals surface area (Å²) in [4.78, 5) is 4.44. The Kier molecular flexibility index (Phi) is 6.27. The largest absolute Gasteiger partial charge is 0.334 e. The molecule has 1 aromatic heterocycles. The van der Waals surface area contributed by atoms with E-state index < -0.39 is 0 Å². The monoisotopic (exact) mass is 237 g/mol. The van der Waals surface area contributed by atoms with Crippen LogP contribution in [0, 0.1) is 0 Å². The fourth-order valence-electron chi connectivity index (χ4n) is 1.86. The van der Waals surface area contributed by atoms with Crippen molar-refractivity contribution in [2.24, 2.45) is 0 Å². The van der Waals surface area contributed by atoms with Crippen molar-refractivity contribution in [1.29, 1.82) is 0 Å². The average Bonchev–Trinajstić information content (AvgIpc) is 2.75. The quantitative estimate of drug-likeness (QED) is 0.701. The van der Waals surface area contributed by atoms with Crippen LogP contribution in [-0.2, 0) is 6.54 Å². The van der Waals surface area contributed by atoms with Crippen LogP contribution in [0.3, 0.4) is 0 Å². The maximum Gasteiger partial charge on any atom is 0.0952 e. The van der Waals surface area contributed by atoms with Crippen molar-refractivity contribution in [3.8, 4) is 0 Å². The van der Waals surface area contributed by atoms with Crippen molar-refractivity contribution in [2.45, 2.75) is 72.0 Å². The molecular formula is C14H27N3. The third-order valence-electron chi connectivity index (χ3n) is 3.08. The SMILES string of the molecule is CCCCCC(C)n1cnc(CNC(C)C)c1. The van der Waals surface area contributed by atoms with Gasteiger partial charge in [-0.2, -0.15) is 0 Å². The summed E-state index contributed by atoms with van der Waals surface area (Å²) in [5.74, 6) is 0. The van der Waals surface area contributed by atoms with E-state index in [-0.39, 0.29) is 0 Å². The third kappa shape index (κ3) is 5.35. The van der Waals surface area contributed by atoms with Crippen molar-refractivity contribution in [3.63, 3.8) is 0 Å². The van der Waals surface area contributed by atoms with Gasteiger partial charge in [0.25, 0.3) is 0 Å². The molecule has 0 aliphatic rings. The summed E-state index contributed by atoms with van der Waals surface area (Å²) in [6, 6.07) is 1.09. The second-order valence-corrected chi connectivity index (χ2v) is 5.19. The summed E-state index contributed by atoms with van der Waals surface area (Å²) >= 11 is 0. The Labute approximate surface area is 106 Å². The molecule has 1 rings (SSSR count). The van der Waals surface area contributed by atoms with E-state index in [1.165, 1.54) is 25.7 Å². The molecule has 0 spiro atoms. The minimum absolute atomic E-state index is 0.516. The van der Waals surface area contributed by atoms with Gasteiger partial charge in [-0.3, -0.25) is 0 Å². The number of nitrogens with zero attached hydrogens (tertiary/aromatic N) is 2. The lowest BCUT2D eigenvalue weighted by atomic mass is 10.1. The fraction of sp³-hybridized carbons (Fsp3) is 0.786. The Morgan fingerprint density at radius 2 is 2.06 bits per heavy atom. The molecule has 1 heterocycles. The Bertz CT molecular complexity index is 304. The van der Waals surface area contributed by atoms with E-state index in [2.05, 4.69) is 48.8 Å². The molecule has 98 valence electrons. The van der Waals surface area contributed by atoms with Gasteiger partial charge < -0.3 is 9.88 Å². The summed E-state index contributed by atoms with van der Waals surface area (Å²) in [6.45, 7) is 9.70. The first-order valence-electron chi connectivity index (χ1n) is 6.89. The first-order valence-corrected chi connectivity index (χ1v) is 6.89. The minimum atomic E-state index is 0.516. The first-order chi connectivity index (χ1) is 8.13. The van der Waals surface area contributed by atoms with E-state index in [4.69, 9.17) is 0 Å². The van der Waals surface area contributed by atoms with Gasteiger partial charge in [0, 0.05) is 24.8 Å². The number of nitrogens with one attached hydrogen (secondary N) is 1. The van der Waals surface area contributed by atoms with Crippen molar-refractivity contribution >= 4 is 0 Å². The first kappa shape index (κ1) is 14.2. The summed E-state index contributed by atoms with van der Waals surface area (Å²) < 4.78 is 2.24. The molecule has 3 nitrogen and oxygen atoms in total. The van der Waals surface area contributed by atoms with Crippen LogP contribution in [0.5, 0.6) is 0 Å². The maximum absolute atomic E-state index is 4.44. The van der Waals surface area contributed by atoms with E-state index in [1.54, 1.807) is 0 Å². The standard InChI is InChI=1S/C14H27N3/c1-5-6-7-8-13(4)17-10-14(16-11-17)9-15-12(2)3/h10-13,15H,5-9H2,1-4H3. The highest BCUT2D eigenvalue weighted by atomic mass is 15.1. The van der Waals surface area contributed by atoms with Gasteiger partial charge >= 0.3 is 0 Å². The van der Waals surface area contributed by atoms with Crippen LogP contribution in [0.25, 0.3) is 0 Å². The molecule has 0 radical (unpaired) electrons. The van der Waals surface area contributed by atoms with Crippen molar-refractivity contribution in [2.75, 3.05) is 0 Å². The molecule has 1 aromatic rings. The van der Waals surface area contributed by atoms with Gasteiger partial charge in [-0.25, -0.2) is 4.98 Å². The predicted molar refractivity (Wildman–Crippen MR) is 73.1 cm³/mol. The highest BCUT2D eigenvalue weighted by molar-refractivity contribution is 4.97. The maximum atomic E-state index is 4.44. The number of hydrogen-bond acceptors (Lipinski definition) is 2. The molecule has 3 heteroatoms. The highest BCUT2D eigenvalue weighted by Crippen LogP contribution is 2.15. The van der Waals surface area contributed by atoms with E-state index >= 15 is 0 Å². The van der Waals surface area contributed by atoms with Crippen LogP contribution < -0.4 is 5.32 Å². The van der Waals surface area contributed by atoms with Crippen LogP contribution in [0.4, 0.5) is 0 Å². The molecule has 0 aliphatic heterocycles. The van der Waals surface area contributed by atoms with E-state index in [9.17, 15) is 0 Å². The molecule has 0 fully saturated rings. The number of aromatic nitrogens is 2. The van der Waals surface area contributed by atoms with E-state index in [0.29, 0.717) is 12.1 Å².